The van der Waals surface area contributed by atoms with Crippen LogP contribution < -0.4 is 0 Å². The SMILES string of the molecule is Cc1ccc(F)c2c1cnn2C. The Bertz CT molecular complexity index is 431. The lowest BCUT2D eigenvalue weighted by atomic mass is 10.1. The molecule has 3 heteroatoms. The third kappa shape index (κ3) is 0.826. The topological polar surface area (TPSA) is 17.8 Å². The van der Waals surface area contributed by atoms with Gasteiger partial charge < -0.3 is 0 Å². The van der Waals surface area contributed by atoms with E-state index in [4.69, 9.17) is 0 Å². The Labute approximate surface area is 69.6 Å². The summed E-state index contributed by atoms with van der Waals surface area (Å²) in [5, 5.41) is 4.88. The summed E-state index contributed by atoms with van der Waals surface area (Å²) in [6.45, 7) is 1.95. The highest BCUT2D eigenvalue weighted by molar-refractivity contribution is 5.82. The maximum atomic E-state index is 13.2. The lowest BCUT2D eigenvalue weighted by molar-refractivity contribution is 0.625. The molecule has 0 aliphatic rings. The lowest BCUT2D eigenvalue weighted by Crippen LogP contribution is -1.91. The van der Waals surface area contributed by atoms with Gasteiger partial charge in [0.05, 0.1) is 6.20 Å². The summed E-state index contributed by atoms with van der Waals surface area (Å²) in [6.07, 6.45) is 1.69. The second-order valence-corrected chi connectivity index (χ2v) is 2.89. The highest BCUT2D eigenvalue weighted by Crippen LogP contribution is 2.19. The fourth-order valence-corrected chi connectivity index (χ4v) is 1.38. The smallest absolute Gasteiger partial charge is 0.149 e. The molecule has 0 fully saturated rings. The molecule has 1 aromatic carbocycles. The lowest BCUT2D eigenvalue weighted by Gasteiger charge is -1.98. The molecule has 0 spiro atoms. The van der Waals surface area contributed by atoms with E-state index in [-0.39, 0.29) is 5.82 Å². The molecule has 0 aliphatic carbocycles. The zero-order valence-corrected chi connectivity index (χ0v) is 7.00. The van der Waals surface area contributed by atoms with E-state index in [1.165, 1.54) is 6.07 Å². The number of fused-ring (bicyclic) bond motifs is 1. The van der Waals surface area contributed by atoms with Crippen LogP contribution in [0, 0.1) is 12.7 Å². The summed E-state index contributed by atoms with van der Waals surface area (Å²) in [6, 6.07) is 3.23. The minimum atomic E-state index is -0.212. The maximum Gasteiger partial charge on any atom is 0.149 e. The Balaban J connectivity index is 2.98. The average Bonchev–Trinajstić information content (AvgIpc) is 2.42. The summed E-state index contributed by atoms with van der Waals surface area (Å²) < 4.78 is 14.8. The molecular formula is C9H9FN2. The van der Waals surface area contributed by atoms with Crippen molar-refractivity contribution in [1.82, 2.24) is 9.78 Å². The second-order valence-electron chi connectivity index (χ2n) is 2.89. The van der Waals surface area contributed by atoms with Crippen LogP contribution in [-0.4, -0.2) is 9.78 Å². The van der Waals surface area contributed by atoms with Crippen LogP contribution in [0.2, 0.25) is 0 Å². The predicted molar refractivity (Wildman–Crippen MR) is 45.4 cm³/mol. The molecule has 62 valence electrons. The van der Waals surface area contributed by atoms with Gasteiger partial charge in [-0.15, -0.1) is 0 Å². The van der Waals surface area contributed by atoms with Crippen molar-refractivity contribution in [3.63, 3.8) is 0 Å². The van der Waals surface area contributed by atoms with Gasteiger partial charge in [-0.3, -0.25) is 4.68 Å². The molecular weight excluding hydrogens is 155 g/mol. The van der Waals surface area contributed by atoms with Gasteiger partial charge in [0, 0.05) is 12.4 Å². The van der Waals surface area contributed by atoms with Crippen LogP contribution >= 0.6 is 0 Å². The molecule has 0 bridgehead atoms. The highest BCUT2D eigenvalue weighted by atomic mass is 19.1. The van der Waals surface area contributed by atoms with E-state index in [1.54, 1.807) is 24.0 Å². The van der Waals surface area contributed by atoms with E-state index in [2.05, 4.69) is 5.10 Å². The van der Waals surface area contributed by atoms with Gasteiger partial charge in [-0.2, -0.15) is 5.10 Å². The maximum absolute atomic E-state index is 13.2. The van der Waals surface area contributed by atoms with Crippen molar-refractivity contribution in [2.24, 2.45) is 7.05 Å². The quantitative estimate of drug-likeness (QED) is 0.582. The number of halogens is 1. The molecule has 12 heavy (non-hydrogen) atoms. The van der Waals surface area contributed by atoms with Crippen molar-refractivity contribution in [2.45, 2.75) is 6.92 Å². The number of rotatable bonds is 0. The van der Waals surface area contributed by atoms with E-state index >= 15 is 0 Å². The van der Waals surface area contributed by atoms with Gasteiger partial charge in [-0.1, -0.05) is 6.07 Å². The van der Waals surface area contributed by atoms with Gasteiger partial charge in [0.15, 0.2) is 0 Å². The van der Waals surface area contributed by atoms with Crippen molar-refractivity contribution in [3.8, 4) is 0 Å². The summed E-state index contributed by atoms with van der Waals surface area (Å²) in [7, 11) is 1.74. The van der Waals surface area contributed by atoms with Crippen LogP contribution in [0.3, 0.4) is 0 Å². The van der Waals surface area contributed by atoms with E-state index in [1.807, 2.05) is 6.92 Å². The molecule has 0 radical (unpaired) electrons. The summed E-state index contributed by atoms with van der Waals surface area (Å²) in [4.78, 5) is 0. The first kappa shape index (κ1) is 7.28. The standard InChI is InChI=1S/C9H9FN2/c1-6-3-4-8(10)9-7(6)5-11-12(9)2/h3-5H,1-2H3. The number of hydrogen-bond acceptors (Lipinski definition) is 1. The number of nitrogens with zero attached hydrogens (tertiary/aromatic N) is 2. The molecule has 0 aliphatic heterocycles. The van der Waals surface area contributed by atoms with E-state index in [0.717, 1.165) is 10.9 Å². The van der Waals surface area contributed by atoms with E-state index in [0.29, 0.717) is 5.52 Å². The van der Waals surface area contributed by atoms with Crippen LogP contribution in [0.1, 0.15) is 5.56 Å². The summed E-state index contributed by atoms with van der Waals surface area (Å²) in [5.41, 5.74) is 1.63. The van der Waals surface area contributed by atoms with Gasteiger partial charge >= 0.3 is 0 Å². The first-order valence-corrected chi connectivity index (χ1v) is 3.77. The Morgan fingerprint density at radius 3 is 2.83 bits per heavy atom. The molecule has 1 heterocycles. The van der Waals surface area contributed by atoms with Crippen molar-refractivity contribution >= 4 is 10.9 Å². The molecule has 0 N–H and O–H groups in total. The Kier molecular flexibility index (Phi) is 1.40. The van der Waals surface area contributed by atoms with Crippen LogP contribution in [0.15, 0.2) is 18.3 Å². The molecule has 0 saturated carbocycles. The Morgan fingerprint density at radius 2 is 2.17 bits per heavy atom. The van der Waals surface area contributed by atoms with Crippen LogP contribution in [0.4, 0.5) is 4.39 Å². The molecule has 2 rings (SSSR count). The first-order chi connectivity index (χ1) is 5.70. The number of aromatic nitrogens is 2. The normalized spacial score (nSPS) is 10.9. The third-order valence-corrected chi connectivity index (χ3v) is 2.07. The minimum Gasteiger partial charge on any atom is -0.265 e. The number of hydrogen-bond donors (Lipinski definition) is 0. The molecule has 0 saturated heterocycles. The number of benzene rings is 1. The minimum absolute atomic E-state index is 0.212. The summed E-state index contributed by atoms with van der Waals surface area (Å²) in [5.74, 6) is -0.212. The molecule has 2 nitrogen and oxygen atoms in total. The zero-order chi connectivity index (χ0) is 8.72. The second kappa shape index (κ2) is 2.30. The van der Waals surface area contributed by atoms with Crippen molar-refractivity contribution < 1.29 is 4.39 Å². The van der Waals surface area contributed by atoms with Crippen LogP contribution in [0.25, 0.3) is 10.9 Å². The van der Waals surface area contributed by atoms with E-state index < -0.39 is 0 Å². The van der Waals surface area contributed by atoms with Crippen molar-refractivity contribution in [3.05, 3.63) is 29.7 Å². The van der Waals surface area contributed by atoms with Crippen LogP contribution in [-0.2, 0) is 7.05 Å². The molecule has 0 unspecified atom stereocenters. The molecule has 0 amide bonds. The van der Waals surface area contributed by atoms with Gasteiger partial charge in [0.25, 0.3) is 0 Å². The monoisotopic (exact) mass is 164 g/mol. The fourth-order valence-electron chi connectivity index (χ4n) is 1.38. The molecule has 0 atom stereocenters. The third-order valence-electron chi connectivity index (χ3n) is 2.07. The van der Waals surface area contributed by atoms with Gasteiger partial charge in [0.1, 0.15) is 11.3 Å². The predicted octanol–water partition coefficient (Wildman–Crippen LogP) is 2.02. The Hall–Kier alpha value is -1.38. The Morgan fingerprint density at radius 1 is 1.42 bits per heavy atom. The molecule has 1 aromatic heterocycles. The van der Waals surface area contributed by atoms with E-state index in [9.17, 15) is 4.39 Å². The summed E-state index contributed by atoms with van der Waals surface area (Å²) >= 11 is 0. The van der Waals surface area contributed by atoms with Gasteiger partial charge in [0.2, 0.25) is 0 Å². The molecule has 2 aromatic rings. The first-order valence-electron chi connectivity index (χ1n) is 3.77. The number of aryl methyl sites for hydroxylation is 2. The van der Waals surface area contributed by atoms with Gasteiger partial charge in [-0.25, -0.2) is 4.39 Å². The average molecular weight is 164 g/mol. The largest absolute Gasteiger partial charge is 0.265 e. The van der Waals surface area contributed by atoms with Crippen molar-refractivity contribution in [2.75, 3.05) is 0 Å². The van der Waals surface area contributed by atoms with Crippen LogP contribution in [0.5, 0.6) is 0 Å². The highest BCUT2D eigenvalue weighted by Gasteiger charge is 2.06. The zero-order valence-electron chi connectivity index (χ0n) is 7.00. The fraction of sp³-hybridized carbons (Fsp3) is 0.222. The van der Waals surface area contributed by atoms with Gasteiger partial charge in [-0.05, 0) is 18.6 Å². The van der Waals surface area contributed by atoms with Crippen molar-refractivity contribution in [1.29, 1.82) is 0 Å².